The predicted molar refractivity (Wildman–Crippen MR) is 52.4 cm³/mol. The van der Waals surface area contributed by atoms with Gasteiger partial charge in [0.15, 0.2) is 0 Å². The van der Waals surface area contributed by atoms with E-state index in [0.717, 1.165) is 19.4 Å². The van der Waals surface area contributed by atoms with E-state index < -0.39 is 6.04 Å². The van der Waals surface area contributed by atoms with Crippen LogP contribution >= 0.6 is 0 Å². The third kappa shape index (κ3) is 6.54. The van der Waals surface area contributed by atoms with E-state index in [4.69, 9.17) is 5.73 Å². The molecular weight excluding hydrogens is 168 g/mol. The van der Waals surface area contributed by atoms with Crippen LogP contribution in [0.15, 0.2) is 0 Å². The number of hydrogen-bond acceptors (Lipinski definition) is 4. The summed E-state index contributed by atoms with van der Waals surface area (Å²) in [5.41, 5.74) is 5.56. The zero-order valence-electron chi connectivity index (χ0n) is 8.75. The van der Waals surface area contributed by atoms with Gasteiger partial charge in [-0.05, 0) is 33.5 Å². The molecule has 0 saturated carbocycles. The van der Waals surface area contributed by atoms with Crippen molar-refractivity contribution in [2.24, 2.45) is 5.73 Å². The summed E-state index contributed by atoms with van der Waals surface area (Å²) < 4.78 is 4.52. The molecule has 0 unspecified atom stereocenters. The van der Waals surface area contributed by atoms with Crippen molar-refractivity contribution in [3.05, 3.63) is 0 Å². The normalized spacial score (nSPS) is 13.0. The van der Waals surface area contributed by atoms with Gasteiger partial charge in [-0.1, -0.05) is 6.42 Å². The van der Waals surface area contributed by atoms with Crippen LogP contribution in [0.5, 0.6) is 0 Å². The van der Waals surface area contributed by atoms with Gasteiger partial charge in [0.25, 0.3) is 0 Å². The third-order valence-corrected chi connectivity index (χ3v) is 1.87. The smallest absolute Gasteiger partial charge is 0.322 e. The van der Waals surface area contributed by atoms with Gasteiger partial charge in [-0.3, -0.25) is 4.79 Å². The third-order valence-electron chi connectivity index (χ3n) is 1.87. The van der Waals surface area contributed by atoms with Crippen LogP contribution in [0.25, 0.3) is 0 Å². The SMILES string of the molecule is COC(=O)[C@@H](N)CCCCN(C)C. The molecule has 78 valence electrons. The summed E-state index contributed by atoms with van der Waals surface area (Å²) in [6, 6.07) is -0.452. The van der Waals surface area contributed by atoms with E-state index in [1.165, 1.54) is 7.11 Å². The number of ether oxygens (including phenoxy) is 1. The van der Waals surface area contributed by atoms with Crippen molar-refractivity contribution >= 4 is 5.97 Å². The monoisotopic (exact) mass is 188 g/mol. The number of rotatable bonds is 6. The molecule has 0 saturated heterocycles. The zero-order valence-corrected chi connectivity index (χ0v) is 8.75. The number of nitrogens with two attached hydrogens (primary N) is 1. The fraction of sp³-hybridized carbons (Fsp3) is 0.889. The molecule has 0 aliphatic carbocycles. The Kier molecular flexibility index (Phi) is 6.54. The molecule has 4 heteroatoms. The Morgan fingerprint density at radius 1 is 1.46 bits per heavy atom. The van der Waals surface area contributed by atoms with E-state index in [1.54, 1.807) is 0 Å². The van der Waals surface area contributed by atoms with E-state index in [9.17, 15) is 4.79 Å². The lowest BCUT2D eigenvalue weighted by atomic mass is 10.1. The Hall–Kier alpha value is -0.610. The molecule has 0 aliphatic rings. The van der Waals surface area contributed by atoms with Crippen molar-refractivity contribution in [1.29, 1.82) is 0 Å². The number of methoxy groups -OCH3 is 1. The first-order valence-electron chi connectivity index (χ1n) is 4.56. The number of unbranched alkanes of at least 4 members (excludes halogenated alkanes) is 1. The Bertz CT molecular complexity index is 149. The molecule has 0 rings (SSSR count). The molecule has 0 radical (unpaired) electrons. The summed E-state index contributed by atoms with van der Waals surface area (Å²) >= 11 is 0. The van der Waals surface area contributed by atoms with E-state index in [1.807, 2.05) is 14.1 Å². The molecular formula is C9H20N2O2. The molecule has 0 aromatic rings. The van der Waals surface area contributed by atoms with Crippen LogP contribution in [0.2, 0.25) is 0 Å². The maximum absolute atomic E-state index is 10.9. The van der Waals surface area contributed by atoms with Crippen molar-refractivity contribution in [3.63, 3.8) is 0 Å². The molecule has 0 fully saturated rings. The van der Waals surface area contributed by atoms with Gasteiger partial charge < -0.3 is 15.4 Å². The lowest BCUT2D eigenvalue weighted by Gasteiger charge is -2.11. The number of carbonyl (C=O) groups is 1. The predicted octanol–water partition coefficient (Wildman–Crippen LogP) is 0.219. The number of hydrogen-bond donors (Lipinski definition) is 1. The minimum absolute atomic E-state index is 0.315. The van der Waals surface area contributed by atoms with Crippen molar-refractivity contribution in [2.45, 2.75) is 25.3 Å². The second-order valence-electron chi connectivity index (χ2n) is 3.43. The summed E-state index contributed by atoms with van der Waals surface area (Å²) in [6.07, 6.45) is 2.74. The maximum atomic E-state index is 10.9. The first-order chi connectivity index (χ1) is 6.07. The highest BCUT2D eigenvalue weighted by atomic mass is 16.5. The second-order valence-corrected chi connectivity index (χ2v) is 3.43. The molecule has 0 spiro atoms. The van der Waals surface area contributed by atoms with Gasteiger partial charge >= 0.3 is 5.97 Å². The maximum Gasteiger partial charge on any atom is 0.322 e. The average molecular weight is 188 g/mol. The highest BCUT2D eigenvalue weighted by molar-refractivity contribution is 5.75. The quantitative estimate of drug-likeness (QED) is 0.478. The lowest BCUT2D eigenvalue weighted by Crippen LogP contribution is -2.31. The Morgan fingerprint density at radius 3 is 2.54 bits per heavy atom. The van der Waals surface area contributed by atoms with Gasteiger partial charge in [0.2, 0.25) is 0 Å². The number of esters is 1. The highest BCUT2D eigenvalue weighted by Crippen LogP contribution is 2.00. The minimum atomic E-state index is -0.452. The molecule has 0 heterocycles. The van der Waals surface area contributed by atoms with Crippen molar-refractivity contribution in [2.75, 3.05) is 27.7 Å². The summed E-state index contributed by atoms with van der Waals surface area (Å²) in [7, 11) is 5.42. The molecule has 0 aromatic carbocycles. The zero-order chi connectivity index (χ0) is 10.3. The standard InChI is InChI=1S/C9H20N2O2/c1-11(2)7-5-4-6-8(10)9(12)13-3/h8H,4-7,10H2,1-3H3/t8-/m0/s1. The molecule has 0 aromatic heterocycles. The van der Waals surface area contributed by atoms with Gasteiger partial charge in [0, 0.05) is 0 Å². The average Bonchev–Trinajstić information content (AvgIpc) is 2.10. The Morgan fingerprint density at radius 2 is 2.08 bits per heavy atom. The topological polar surface area (TPSA) is 55.6 Å². The van der Waals surface area contributed by atoms with Crippen molar-refractivity contribution in [3.8, 4) is 0 Å². The number of carbonyl (C=O) groups excluding carboxylic acids is 1. The first kappa shape index (κ1) is 12.4. The molecule has 1 atom stereocenters. The van der Waals surface area contributed by atoms with Crippen molar-refractivity contribution in [1.82, 2.24) is 4.90 Å². The second kappa shape index (κ2) is 6.86. The molecule has 13 heavy (non-hydrogen) atoms. The lowest BCUT2D eigenvalue weighted by molar-refractivity contribution is -0.142. The van der Waals surface area contributed by atoms with Gasteiger partial charge in [-0.2, -0.15) is 0 Å². The summed E-state index contributed by atoms with van der Waals surface area (Å²) in [4.78, 5) is 13.0. The van der Waals surface area contributed by atoms with Gasteiger partial charge in [0.1, 0.15) is 6.04 Å². The fourth-order valence-electron chi connectivity index (χ4n) is 1.06. The molecule has 4 nitrogen and oxygen atoms in total. The Labute approximate surface area is 80.0 Å². The number of nitrogens with zero attached hydrogens (tertiary/aromatic N) is 1. The van der Waals surface area contributed by atoms with Crippen LogP contribution < -0.4 is 5.73 Å². The molecule has 0 aliphatic heterocycles. The molecule has 0 amide bonds. The first-order valence-corrected chi connectivity index (χ1v) is 4.56. The van der Waals surface area contributed by atoms with Crippen LogP contribution in [-0.4, -0.2) is 44.7 Å². The minimum Gasteiger partial charge on any atom is -0.468 e. The highest BCUT2D eigenvalue weighted by Gasteiger charge is 2.12. The summed E-state index contributed by atoms with van der Waals surface area (Å²) in [5, 5.41) is 0. The van der Waals surface area contributed by atoms with Crippen LogP contribution in [0, 0.1) is 0 Å². The Balaban J connectivity index is 3.37. The molecule has 2 N–H and O–H groups in total. The van der Waals surface area contributed by atoms with Crippen LogP contribution in [-0.2, 0) is 9.53 Å². The van der Waals surface area contributed by atoms with Crippen LogP contribution in [0.4, 0.5) is 0 Å². The van der Waals surface area contributed by atoms with Gasteiger partial charge in [-0.15, -0.1) is 0 Å². The van der Waals surface area contributed by atoms with Crippen molar-refractivity contribution < 1.29 is 9.53 Å². The van der Waals surface area contributed by atoms with E-state index in [0.29, 0.717) is 6.42 Å². The van der Waals surface area contributed by atoms with Gasteiger partial charge in [-0.25, -0.2) is 0 Å². The van der Waals surface area contributed by atoms with E-state index in [-0.39, 0.29) is 5.97 Å². The molecule has 0 bridgehead atoms. The van der Waals surface area contributed by atoms with Crippen LogP contribution in [0.3, 0.4) is 0 Å². The van der Waals surface area contributed by atoms with Gasteiger partial charge in [0.05, 0.1) is 7.11 Å². The summed E-state index contributed by atoms with van der Waals surface area (Å²) in [6.45, 7) is 1.04. The fourth-order valence-corrected chi connectivity index (χ4v) is 1.06. The van der Waals surface area contributed by atoms with Crippen LogP contribution in [0.1, 0.15) is 19.3 Å². The van der Waals surface area contributed by atoms with E-state index in [2.05, 4.69) is 9.64 Å². The summed E-state index contributed by atoms with van der Waals surface area (Å²) in [5.74, 6) is -0.315. The largest absolute Gasteiger partial charge is 0.468 e. The van der Waals surface area contributed by atoms with E-state index >= 15 is 0 Å².